The highest BCUT2D eigenvalue weighted by molar-refractivity contribution is 14.1. The van der Waals surface area contributed by atoms with Gasteiger partial charge in [-0.1, -0.05) is 42.4 Å². The zero-order valence-corrected chi connectivity index (χ0v) is 22.8. The first-order chi connectivity index (χ1) is 17.4. The second kappa shape index (κ2) is 10.8. The Labute approximate surface area is 225 Å². The maximum absolute atomic E-state index is 14.0. The highest BCUT2D eigenvalue weighted by Gasteiger charge is 2.53. The van der Waals surface area contributed by atoms with E-state index in [1.54, 1.807) is 17.0 Å². The Morgan fingerprint density at radius 2 is 1.97 bits per heavy atom. The highest BCUT2D eigenvalue weighted by Crippen LogP contribution is 2.36. The Kier molecular flexibility index (Phi) is 7.67. The minimum atomic E-state index is -0.675. The lowest BCUT2D eigenvalue weighted by molar-refractivity contribution is -0.139. The number of ketones is 1. The first kappa shape index (κ1) is 25.6. The molecule has 2 saturated heterocycles. The largest absolute Gasteiger partial charge is 0.367 e. The molecule has 36 heavy (non-hydrogen) atoms. The van der Waals surface area contributed by atoms with E-state index in [9.17, 15) is 19.2 Å². The summed E-state index contributed by atoms with van der Waals surface area (Å²) in [6.45, 7) is 2.76. The summed E-state index contributed by atoms with van der Waals surface area (Å²) in [4.78, 5) is 53.7. The molecule has 3 fully saturated rings. The fraction of sp³-hybridized carbons (Fsp3) is 0.630. The van der Waals surface area contributed by atoms with Crippen LogP contribution in [-0.2, 0) is 25.5 Å². The molecule has 1 aromatic rings. The number of benzene rings is 1. The van der Waals surface area contributed by atoms with E-state index in [0.29, 0.717) is 30.9 Å². The van der Waals surface area contributed by atoms with Gasteiger partial charge in [0.2, 0.25) is 11.8 Å². The standard InChI is InChI=1S/C27H34IN3O5/c1-15-5-7-16(8-6-15)23(27(35)31-13-19(12-28)25-24(31)21(32)14-36-25)30-26(34)18-9-10-20-17(11-18)3-2-4-22(33)29-20/h9-11,15-16,19,23-25H,2-8,12-14H2,1H3,(H,29,33)(H,30,34)/t15?,16?,19-,23?,24+,25+/m0/s1. The van der Waals surface area contributed by atoms with Crippen molar-refractivity contribution in [2.45, 2.75) is 70.1 Å². The van der Waals surface area contributed by atoms with E-state index < -0.39 is 12.1 Å². The third-order valence-corrected chi connectivity index (χ3v) is 9.48. The molecule has 0 bridgehead atoms. The van der Waals surface area contributed by atoms with Crippen molar-refractivity contribution in [2.24, 2.45) is 17.8 Å². The minimum absolute atomic E-state index is 0.0118. The summed E-state index contributed by atoms with van der Waals surface area (Å²) in [6.07, 6.45) is 5.45. The number of nitrogens with one attached hydrogen (secondary N) is 2. The van der Waals surface area contributed by atoms with E-state index in [2.05, 4.69) is 40.1 Å². The normalized spacial score (nSPS) is 30.7. The number of rotatable bonds is 5. The van der Waals surface area contributed by atoms with Crippen LogP contribution in [0.4, 0.5) is 5.69 Å². The first-order valence-corrected chi connectivity index (χ1v) is 14.6. The van der Waals surface area contributed by atoms with E-state index in [-0.39, 0.29) is 48.1 Å². The second-order valence-corrected chi connectivity index (χ2v) is 11.7. The van der Waals surface area contributed by atoms with Gasteiger partial charge in [0.05, 0.1) is 6.10 Å². The molecule has 0 spiro atoms. The number of Topliss-reactive ketones (excluding diaryl/α,β-unsaturated/α-hetero) is 1. The fourth-order valence-electron chi connectivity index (χ4n) is 6.24. The molecule has 4 aliphatic rings. The van der Waals surface area contributed by atoms with Gasteiger partial charge in [0.1, 0.15) is 18.7 Å². The van der Waals surface area contributed by atoms with Crippen LogP contribution in [0.2, 0.25) is 0 Å². The second-order valence-electron chi connectivity index (χ2n) is 10.8. The number of anilines is 1. The van der Waals surface area contributed by atoms with E-state index in [0.717, 1.165) is 47.8 Å². The fourth-order valence-corrected chi connectivity index (χ4v) is 7.02. The number of hydrogen-bond acceptors (Lipinski definition) is 5. The van der Waals surface area contributed by atoms with Gasteiger partial charge in [0.15, 0.2) is 5.78 Å². The number of aryl methyl sites for hydroxylation is 1. The summed E-state index contributed by atoms with van der Waals surface area (Å²) in [5, 5.41) is 5.98. The number of halogens is 1. The maximum atomic E-state index is 14.0. The number of carbonyl (C=O) groups is 4. The third-order valence-electron chi connectivity index (χ3n) is 8.35. The van der Waals surface area contributed by atoms with Crippen LogP contribution >= 0.6 is 22.6 Å². The minimum Gasteiger partial charge on any atom is -0.367 e. The summed E-state index contributed by atoms with van der Waals surface area (Å²) in [6, 6.07) is 4.08. The zero-order valence-electron chi connectivity index (χ0n) is 20.6. The van der Waals surface area contributed by atoms with Gasteiger partial charge in [-0.15, -0.1) is 0 Å². The smallest absolute Gasteiger partial charge is 0.251 e. The number of fused-ring (bicyclic) bond motifs is 2. The van der Waals surface area contributed by atoms with Crippen LogP contribution in [0.15, 0.2) is 18.2 Å². The molecule has 9 heteroatoms. The monoisotopic (exact) mass is 607 g/mol. The van der Waals surface area contributed by atoms with Crippen molar-refractivity contribution >= 4 is 51.8 Å². The highest BCUT2D eigenvalue weighted by atomic mass is 127. The van der Waals surface area contributed by atoms with Crippen LogP contribution < -0.4 is 10.6 Å². The van der Waals surface area contributed by atoms with Gasteiger partial charge in [-0.05, 0) is 61.3 Å². The van der Waals surface area contributed by atoms with E-state index in [1.165, 1.54) is 0 Å². The molecule has 3 heterocycles. The average molecular weight is 607 g/mol. The van der Waals surface area contributed by atoms with Crippen molar-refractivity contribution in [3.8, 4) is 0 Å². The molecule has 8 nitrogen and oxygen atoms in total. The van der Waals surface area contributed by atoms with E-state index >= 15 is 0 Å². The number of amides is 3. The number of ether oxygens (including phenoxy) is 1. The van der Waals surface area contributed by atoms with Crippen LogP contribution in [0.1, 0.15) is 61.4 Å². The van der Waals surface area contributed by atoms with Crippen LogP contribution in [0.5, 0.6) is 0 Å². The van der Waals surface area contributed by atoms with E-state index in [4.69, 9.17) is 4.74 Å². The number of likely N-dealkylation sites (tertiary alicyclic amines) is 1. The predicted molar refractivity (Wildman–Crippen MR) is 143 cm³/mol. The van der Waals surface area contributed by atoms with Gasteiger partial charge in [-0.3, -0.25) is 19.2 Å². The summed E-state index contributed by atoms with van der Waals surface area (Å²) < 4.78 is 6.57. The summed E-state index contributed by atoms with van der Waals surface area (Å²) in [5.74, 6) is 0.252. The van der Waals surface area contributed by atoms with Gasteiger partial charge < -0.3 is 20.3 Å². The molecule has 0 radical (unpaired) electrons. The summed E-state index contributed by atoms with van der Waals surface area (Å²) in [7, 11) is 0. The van der Waals surface area contributed by atoms with Crippen molar-refractivity contribution in [3.05, 3.63) is 29.3 Å². The molecule has 5 rings (SSSR count). The maximum Gasteiger partial charge on any atom is 0.251 e. The number of alkyl halides is 1. The molecular weight excluding hydrogens is 573 g/mol. The molecule has 2 N–H and O–H groups in total. The Morgan fingerprint density at radius 1 is 1.19 bits per heavy atom. The van der Waals surface area contributed by atoms with E-state index in [1.807, 2.05) is 6.07 Å². The molecule has 3 amide bonds. The lowest BCUT2D eigenvalue weighted by Crippen LogP contribution is -2.55. The summed E-state index contributed by atoms with van der Waals surface area (Å²) >= 11 is 2.29. The molecule has 1 saturated carbocycles. The molecule has 0 aromatic heterocycles. The summed E-state index contributed by atoms with van der Waals surface area (Å²) in [5.41, 5.74) is 2.16. The van der Waals surface area contributed by atoms with Gasteiger partial charge in [0.25, 0.3) is 5.91 Å². The van der Waals surface area contributed by atoms with Gasteiger partial charge in [-0.25, -0.2) is 0 Å². The molecule has 1 aromatic carbocycles. The quantitative estimate of drug-likeness (QED) is 0.396. The Balaban J connectivity index is 1.39. The Morgan fingerprint density at radius 3 is 2.72 bits per heavy atom. The number of hydrogen-bond donors (Lipinski definition) is 2. The van der Waals surface area contributed by atoms with Gasteiger partial charge >= 0.3 is 0 Å². The van der Waals surface area contributed by atoms with Crippen molar-refractivity contribution in [1.29, 1.82) is 0 Å². The Bertz CT molecular complexity index is 1050. The molecule has 194 valence electrons. The zero-order chi connectivity index (χ0) is 25.4. The van der Waals surface area contributed by atoms with Crippen LogP contribution in [0, 0.1) is 17.8 Å². The molecule has 4 atom stereocenters. The lowest BCUT2D eigenvalue weighted by Gasteiger charge is -2.35. The molecule has 1 unspecified atom stereocenters. The number of carbonyl (C=O) groups excluding carboxylic acids is 4. The number of nitrogens with zero attached hydrogens (tertiary/aromatic N) is 1. The SMILES string of the molecule is CC1CCC(C(NC(=O)c2ccc3c(c2)CCCC(=O)N3)C(=O)N2C[C@H](CI)[C@H]3OCC(=O)[C@H]32)CC1. The van der Waals surface area contributed by atoms with Crippen molar-refractivity contribution < 1.29 is 23.9 Å². The molecular formula is C27H34IN3O5. The Hall–Kier alpha value is -2.01. The van der Waals surface area contributed by atoms with Gasteiger partial charge in [-0.2, -0.15) is 0 Å². The van der Waals surface area contributed by atoms with Crippen molar-refractivity contribution in [1.82, 2.24) is 10.2 Å². The first-order valence-electron chi connectivity index (χ1n) is 13.1. The van der Waals surface area contributed by atoms with Crippen LogP contribution in [0.25, 0.3) is 0 Å². The third kappa shape index (κ3) is 5.05. The predicted octanol–water partition coefficient (Wildman–Crippen LogP) is 3.12. The average Bonchev–Trinajstić information content (AvgIpc) is 3.37. The topological polar surface area (TPSA) is 105 Å². The lowest BCUT2D eigenvalue weighted by atomic mass is 9.78. The van der Waals surface area contributed by atoms with Crippen molar-refractivity contribution in [3.63, 3.8) is 0 Å². The molecule has 3 aliphatic heterocycles. The van der Waals surface area contributed by atoms with Crippen LogP contribution in [-0.4, -0.2) is 64.2 Å². The molecule has 1 aliphatic carbocycles. The van der Waals surface area contributed by atoms with Crippen LogP contribution in [0.3, 0.4) is 0 Å². The van der Waals surface area contributed by atoms with Crippen molar-refractivity contribution in [2.75, 3.05) is 22.9 Å². The van der Waals surface area contributed by atoms with Gasteiger partial charge in [0, 0.05) is 34.6 Å².